The lowest BCUT2D eigenvalue weighted by Gasteiger charge is -2.35. The first kappa shape index (κ1) is 30.9. The van der Waals surface area contributed by atoms with Gasteiger partial charge in [-0.15, -0.1) is 0 Å². The normalized spacial score (nSPS) is 14.4. The van der Waals surface area contributed by atoms with E-state index < -0.39 is 5.41 Å². The van der Waals surface area contributed by atoms with E-state index in [2.05, 4.69) is 201 Å². The summed E-state index contributed by atoms with van der Waals surface area (Å²) < 4.78 is 6.35. The van der Waals surface area contributed by atoms with Crippen molar-refractivity contribution in [3.63, 3.8) is 0 Å². The van der Waals surface area contributed by atoms with Crippen LogP contribution in [0.15, 0.2) is 192 Å². The van der Waals surface area contributed by atoms with Crippen molar-refractivity contribution in [2.75, 3.05) is 4.90 Å². The summed E-state index contributed by atoms with van der Waals surface area (Å²) in [4.78, 5) is 2.49. The summed E-state index contributed by atoms with van der Waals surface area (Å²) >= 11 is 0. The number of hydrogen-bond donors (Lipinski definition) is 0. The number of anilines is 3. The zero-order valence-electron chi connectivity index (χ0n) is 30.3. The molecule has 0 atom stereocenters. The fourth-order valence-corrected chi connectivity index (χ4v) is 9.77. The number of hydrogen-bond acceptors (Lipinski definition) is 2. The summed E-state index contributed by atoms with van der Waals surface area (Å²) in [5.74, 6) is 0. The van der Waals surface area contributed by atoms with Crippen LogP contribution in [-0.4, -0.2) is 0 Å². The summed E-state index contributed by atoms with van der Waals surface area (Å²) in [6.45, 7) is 4.71. The molecule has 2 heteroatoms. The third kappa shape index (κ3) is 4.17. The molecule has 1 aromatic heterocycles. The number of benzene rings is 8. The van der Waals surface area contributed by atoms with Crippen molar-refractivity contribution in [1.29, 1.82) is 0 Å². The minimum Gasteiger partial charge on any atom is -0.456 e. The van der Waals surface area contributed by atoms with Crippen molar-refractivity contribution < 1.29 is 4.42 Å². The fourth-order valence-electron chi connectivity index (χ4n) is 9.77. The molecule has 0 saturated carbocycles. The van der Waals surface area contributed by atoms with Crippen molar-refractivity contribution in [3.05, 3.63) is 221 Å². The number of fused-ring (bicyclic) bond motifs is 9. The molecule has 256 valence electrons. The maximum atomic E-state index is 6.35. The van der Waals surface area contributed by atoms with Crippen LogP contribution in [0.3, 0.4) is 0 Å². The van der Waals surface area contributed by atoms with Crippen LogP contribution in [0.2, 0.25) is 0 Å². The summed E-state index contributed by atoms with van der Waals surface area (Å²) in [6.07, 6.45) is 0. The molecule has 0 bridgehead atoms. The van der Waals surface area contributed by atoms with Crippen LogP contribution < -0.4 is 4.90 Å². The third-order valence-electron chi connectivity index (χ3n) is 12.1. The average Bonchev–Trinajstić information content (AvgIpc) is 3.83. The number of rotatable bonds is 5. The molecule has 11 rings (SSSR count). The zero-order chi connectivity index (χ0) is 36.0. The fraction of sp³-hybridized carbons (Fsp3) is 0.0769. The highest BCUT2D eigenvalue weighted by Gasteiger charge is 2.46. The highest BCUT2D eigenvalue weighted by Crippen LogP contribution is 2.59. The van der Waals surface area contributed by atoms with E-state index in [0.29, 0.717) is 0 Å². The Hall–Kier alpha value is -6.64. The van der Waals surface area contributed by atoms with Gasteiger partial charge in [0.1, 0.15) is 11.2 Å². The Bertz CT molecular complexity index is 2880. The smallest absolute Gasteiger partial charge is 0.135 e. The van der Waals surface area contributed by atoms with Gasteiger partial charge in [0.15, 0.2) is 0 Å². The lowest BCUT2D eigenvalue weighted by Crippen LogP contribution is -2.28. The van der Waals surface area contributed by atoms with Crippen molar-refractivity contribution in [2.45, 2.75) is 24.7 Å². The molecule has 9 aromatic rings. The van der Waals surface area contributed by atoms with E-state index in [4.69, 9.17) is 4.42 Å². The molecule has 0 amide bonds. The van der Waals surface area contributed by atoms with E-state index in [1.807, 2.05) is 6.07 Å². The first-order valence-electron chi connectivity index (χ1n) is 18.9. The van der Waals surface area contributed by atoms with Gasteiger partial charge in [0, 0.05) is 33.1 Å². The monoisotopic (exact) mass is 691 g/mol. The highest BCUT2D eigenvalue weighted by molar-refractivity contribution is 6.07. The molecule has 8 aromatic carbocycles. The molecule has 1 heterocycles. The quantitative estimate of drug-likeness (QED) is 0.179. The largest absolute Gasteiger partial charge is 0.456 e. The Morgan fingerprint density at radius 1 is 0.407 bits per heavy atom. The summed E-state index contributed by atoms with van der Waals surface area (Å²) in [5.41, 5.74) is 17.5. The van der Waals surface area contributed by atoms with E-state index >= 15 is 0 Å². The zero-order valence-corrected chi connectivity index (χ0v) is 30.3. The molecule has 0 spiro atoms. The Balaban J connectivity index is 1.23. The van der Waals surface area contributed by atoms with Crippen molar-refractivity contribution in [2.24, 2.45) is 0 Å². The highest BCUT2D eigenvalue weighted by atomic mass is 16.3. The lowest BCUT2D eigenvalue weighted by molar-refractivity contribution is 0.660. The van der Waals surface area contributed by atoms with Gasteiger partial charge < -0.3 is 9.32 Å². The van der Waals surface area contributed by atoms with E-state index in [-0.39, 0.29) is 5.41 Å². The van der Waals surface area contributed by atoms with Crippen molar-refractivity contribution in [3.8, 4) is 22.3 Å². The van der Waals surface area contributed by atoms with Crippen molar-refractivity contribution in [1.82, 2.24) is 0 Å². The maximum Gasteiger partial charge on any atom is 0.135 e. The molecule has 2 aliphatic rings. The second-order valence-corrected chi connectivity index (χ2v) is 15.2. The van der Waals surface area contributed by atoms with E-state index in [1.54, 1.807) is 0 Å². The Labute approximate surface area is 315 Å². The van der Waals surface area contributed by atoms with Crippen molar-refractivity contribution >= 4 is 39.0 Å². The molecule has 0 radical (unpaired) electrons. The van der Waals surface area contributed by atoms with Crippen LogP contribution in [0.5, 0.6) is 0 Å². The minimum atomic E-state index is -0.506. The van der Waals surface area contributed by atoms with Gasteiger partial charge >= 0.3 is 0 Å². The molecule has 0 aliphatic heterocycles. The molecule has 0 N–H and O–H groups in total. The maximum absolute atomic E-state index is 6.35. The Kier molecular flexibility index (Phi) is 6.55. The molecule has 0 saturated heterocycles. The van der Waals surface area contributed by atoms with Gasteiger partial charge in [0.25, 0.3) is 0 Å². The SMILES string of the molecule is CC1(C)c2ccccc2-c2c(N(c3ccc4c(c3)C(c3ccccc3)(c3ccccc3)c3ccccc3-4)c3ccc4oc5ccccc5c4c3)cccc21. The first-order chi connectivity index (χ1) is 26.5. The number of nitrogens with zero attached hydrogens (tertiary/aromatic N) is 1. The second kappa shape index (κ2) is 11.4. The van der Waals surface area contributed by atoms with E-state index in [1.165, 1.54) is 55.6 Å². The van der Waals surface area contributed by atoms with Gasteiger partial charge in [0.05, 0.1) is 11.1 Å². The predicted molar refractivity (Wildman–Crippen MR) is 223 cm³/mol. The van der Waals surface area contributed by atoms with Gasteiger partial charge in [-0.25, -0.2) is 0 Å². The van der Waals surface area contributed by atoms with Crippen LogP contribution in [-0.2, 0) is 10.8 Å². The first-order valence-corrected chi connectivity index (χ1v) is 18.9. The average molecular weight is 692 g/mol. The summed E-state index contributed by atoms with van der Waals surface area (Å²) in [7, 11) is 0. The summed E-state index contributed by atoms with van der Waals surface area (Å²) in [6, 6.07) is 69.1. The van der Waals surface area contributed by atoms with Crippen LogP contribution in [0.1, 0.15) is 47.2 Å². The third-order valence-corrected chi connectivity index (χ3v) is 12.1. The van der Waals surface area contributed by atoms with Crippen LogP contribution >= 0.6 is 0 Å². The van der Waals surface area contributed by atoms with Gasteiger partial charge in [-0.1, -0.05) is 159 Å². The van der Waals surface area contributed by atoms with Crippen LogP contribution in [0, 0.1) is 0 Å². The molecule has 0 fully saturated rings. The topological polar surface area (TPSA) is 16.4 Å². The van der Waals surface area contributed by atoms with Crippen LogP contribution in [0.4, 0.5) is 17.1 Å². The number of furan rings is 1. The molecule has 2 aliphatic carbocycles. The van der Waals surface area contributed by atoms with Crippen LogP contribution in [0.25, 0.3) is 44.2 Å². The van der Waals surface area contributed by atoms with Gasteiger partial charge in [-0.3, -0.25) is 0 Å². The Morgan fingerprint density at radius 3 is 1.76 bits per heavy atom. The number of para-hydroxylation sites is 1. The van der Waals surface area contributed by atoms with E-state index in [0.717, 1.165) is 39.0 Å². The Morgan fingerprint density at radius 2 is 0.981 bits per heavy atom. The molecular formula is C52H37NO. The van der Waals surface area contributed by atoms with Gasteiger partial charge in [0.2, 0.25) is 0 Å². The van der Waals surface area contributed by atoms with E-state index in [9.17, 15) is 0 Å². The van der Waals surface area contributed by atoms with Gasteiger partial charge in [-0.2, -0.15) is 0 Å². The standard InChI is InChI=1S/C52H37NO/c1-51(2)43-23-12-10-22-41(43)50-45(51)25-15-26-47(50)53(36-29-31-49-42(32-36)40-21-11-14-27-48(40)54-49)37-28-30-39-38-20-9-13-24-44(38)52(46(39)33-37,34-16-5-3-6-17-34)35-18-7-4-8-19-35/h3-33H,1-2H3. The summed E-state index contributed by atoms with van der Waals surface area (Å²) in [5, 5.41) is 2.23. The minimum absolute atomic E-state index is 0.131. The molecular weight excluding hydrogens is 655 g/mol. The van der Waals surface area contributed by atoms with Gasteiger partial charge in [-0.05, 0) is 92.5 Å². The molecule has 2 nitrogen and oxygen atoms in total. The second-order valence-electron chi connectivity index (χ2n) is 15.2. The molecule has 54 heavy (non-hydrogen) atoms. The lowest BCUT2D eigenvalue weighted by atomic mass is 9.67. The predicted octanol–water partition coefficient (Wildman–Crippen LogP) is 13.7. The molecule has 0 unspecified atom stereocenters.